The summed E-state index contributed by atoms with van der Waals surface area (Å²) in [5.41, 5.74) is 2.59. The lowest BCUT2D eigenvalue weighted by Gasteiger charge is -2.22. The van der Waals surface area contributed by atoms with Crippen molar-refractivity contribution in [3.63, 3.8) is 0 Å². The van der Waals surface area contributed by atoms with Gasteiger partial charge < -0.3 is 16.0 Å². The van der Waals surface area contributed by atoms with Crippen LogP contribution in [0.25, 0.3) is 0 Å². The van der Waals surface area contributed by atoms with Crippen molar-refractivity contribution in [2.24, 2.45) is 5.92 Å². The third kappa shape index (κ3) is 4.21. The summed E-state index contributed by atoms with van der Waals surface area (Å²) >= 11 is 0. The third-order valence-electron chi connectivity index (χ3n) is 4.25. The predicted octanol–water partition coefficient (Wildman–Crippen LogP) is 2.32. The highest BCUT2D eigenvalue weighted by molar-refractivity contribution is 6.00. The summed E-state index contributed by atoms with van der Waals surface area (Å²) in [4.78, 5) is 23.3. The van der Waals surface area contributed by atoms with E-state index in [0.717, 1.165) is 36.4 Å². The van der Waals surface area contributed by atoms with Crippen LogP contribution in [-0.4, -0.2) is 24.9 Å². The van der Waals surface area contributed by atoms with Crippen molar-refractivity contribution in [2.75, 3.05) is 23.7 Å². The van der Waals surface area contributed by atoms with E-state index in [4.69, 9.17) is 0 Å². The molecule has 0 aromatic heterocycles. The molecule has 2 aliphatic heterocycles. The van der Waals surface area contributed by atoms with Gasteiger partial charge in [0.2, 0.25) is 11.8 Å². The lowest BCUT2D eigenvalue weighted by molar-refractivity contribution is -0.116. The highest BCUT2D eigenvalue weighted by Crippen LogP contribution is 2.26. The van der Waals surface area contributed by atoms with Crippen molar-refractivity contribution >= 4 is 35.6 Å². The molecule has 6 heteroatoms. The quantitative estimate of drug-likeness (QED) is 0.796. The molecule has 1 aromatic rings. The second-order valence-electron chi connectivity index (χ2n) is 5.88. The van der Waals surface area contributed by atoms with E-state index >= 15 is 0 Å². The second-order valence-corrected chi connectivity index (χ2v) is 5.88. The van der Waals surface area contributed by atoms with Crippen molar-refractivity contribution in [3.05, 3.63) is 23.8 Å². The molecular weight excluding hydrogens is 302 g/mol. The largest absolute Gasteiger partial charge is 0.326 e. The topological polar surface area (TPSA) is 70.2 Å². The van der Waals surface area contributed by atoms with Gasteiger partial charge in [0.25, 0.3) is 0 Å². The number of nitrogens with one attached hydrogen (secondary N) is 3. The van der Waals surface area contributed by atoms with Gasteiger partial charge in [0.15, 0.2) is 0 Å². The first-order chi connectivity index (χ1) is 10.2. The maximum absolute atomic E-state index is 12.0. The fourth-order valence-corrected chi connectivity index (χ4v) is 3.04. The minimum Gasteiger partial charge on any atom is -0.326 e. The Morgan fingerprint density at radius 1 is 1.27 bits per heavy atom. The molecule has 0 saturated carbocycles. The lowest BCUT2D eigenvalue weighted by atomic mass is 9.93. The highest BCUT2D eigenvalue weighted by Gasteiger charge is 2.18. The van der Waals surface area contributed by atoms with Crippen molar-refractivity contribution in [2.45, 2.75) is 32.1 Å². The van der Waals surface area contributed by atoms with Crippen molar-refractivity contribution < 1.29 is 9.59 Å². The average Bonchev–Trinajstić information content (AvgIpc) is 2.85. The van der Waals surface area contributed by atoms with Gasteiger partial charge in [-0.1, -0.05) is 0 Å². The van der Waals surface area contributed by atoms with Crippen LogP contribution in [-0.2, 0) is 16.0 Å². The van der Waals surface area contributed by atoms with Crippen LogP contribution in [0.5, 0.6) is 0 Å². The molecular formula is C16H22ClN3O2. The van der Waals surface area contributed by atoms with E-state index in [9.17, 15) is 9.59 Å². The fourth-order valence-electron chi connectivity index (χ4n) is 3.04. The van der Waals surface area contributed by atoms with Crippen LogP contribution in [0.3, 0.4) is 0 Å². The lowest BCUT2D eigenvalue weighted by Crippen LogP contribution is -2.28. The van der Waals surface area contributed by atoms with E-state index in [1.807, 2.05) is 18.2 Å². The maximum atomic E-state index is 12.0. The number of fused-ring (bicyclic) bond motifs is 1. The molecule has 0 spiro atoms. The molecule has 3 N–H and O–H groups in total. The number of piperidine rings is 1. The van der Waals surface area contributed by atoms with Crippen LogP contribution in [0.15, 0.2) is 18.2 Å². The number of rotatable bonds is 4. The van der Waals surface area contributed by atoms with Gasteiger partial charge in [-0.2, -0.15) is 0 Å². The monoisotopic (exact) mass is 323 g/mol. The molecule has 0 bridgehead atoms. The third-order valence-corrected chi connectivity index (χ3v) is 4.25. The molecule has 0 radical (unpaired) electrons. The molecule has 1 saturated heterocycles. The molecule has 3 rings (SSSR count). The van der Waals surface area contributed by atoms with Gasteiger partial charge in [-0.25, -0.2) is 0 Å². The normalized spacial score (nSPS) is 17.4. The Morgan fingerprint density at radius 2 is 2.05 bits per heavy atom. The van der Waals surface area contributed by atoms with E-state index in [2.05, 4.69) is 16.0 Å². The number of halogens is 1. The molecule has 5 nitrogen and oxygen atoms in total. The summed E-state index contributed by atoms with van der Waals surface area (Å²) in [6, 6.07) is 5.57. The number of benzene rings is 1. The zero-order valence-corrected chi connectivity index (χ0v) is 13.3. The van der Waals surface area contributed by atoms with Crippen molar-refractivity contribution in [3.8, 4) is 0 Å². The fraction of sp³-hybridized carbons (Fsp3) is 0.500. The van der Waals surface area contributed by atoms with Gasteiger partial charge >= 0.3 is 0 Å². The summed E-state index contributed by atoms with van der Waals surface area (Å²) < 4.78 is 0. The summed E-state index contributed by atoms with van der Waals surface area (Å²) in [5.74, 6) is 0.740. The predicted molar refractivity (Wildman–Crippen MR) is 89.5 cm³/mol. The Hall–Kier alpha value is -1.59. The minimum atomic E-state index is 0. The highest BCUT2D eigenvalue weighted by atomic mass is 35.5. The summed E-state index contributed by atoms with van der Waals surface area (Å²) in [7, 11) is 0. The molecule has 2 aliphatic rings. The summed E-state index contributed by atoms with van der Waals surface area (Å²) in [5, 5.41) is 9.06. The van der Waals surface area contributed by atoms with Gasteiger partial charge in [-0.05, 0) is 62.0 Å². The minimum absolute atomic E-state index is 0. The molecule has 1 aromatic carbocycles. The molecule has 1 fully saturated rings. The van der Waals surface area contributed by atoms with E-state index in [1.54, 1.807) is 0 Å². The van der Waals surface area contributed by atoms with E-state index in [1.165, 1.54) is 12.8 Å². The van der Waals surface area contributed by atoms with Crippen LogP contribution < -0.4 is 16.0 Å². The molecule has 0 unspecified atom stereocenters. The Labute approximate surface area is 136 Å². The first-order valence-corrected chi connectivity index (χ1v) is 7.64. The first kappa shape index (κ1) is 16.8. The summed E-state index contributed by atoms with van der Waals surface area (Å²) in [6.45, 7) is 2.14. The average molecular weight is 324 g/mol. The van der Waals surface area contributed by atoms with Crippen molar-refractivity contribution in [1.29, 1.82) is 0 Å². The van der Waals surface area contributed by atoms with E-state index < -0.39 is 0 Å². The maximum Gasteiger partial charge on any atom is 0.228 e. The van der Waals surface area contributed by atoms with Crippen LogP contribution in [0.1, 0.15) is 31.2 Å². The Balaban J connectivity index is 0.00000176. The van der Waals surface area contributed by atoms with Crippen LogP contribution >= 0.6 is 12.4 Å². The van der Waals surface area contributed by atoms with Crippen LogP contribution in [0, 0.1) is 5.92 Å². The van der Waals surface area contributed by atoms with E-state index in [0.29, 0.717) is 18.8 Å². The Bertz CT molecular complexity index is 556. The zero-order valence-electron chi connectivity index (χ0n) is 12.5. The number of carbonyl (C=O) groups is 2. The standard InChI is InChI=1S/C16H21N3O2.ClH/c20-15(4-1-11-5-7-17-8-6-11)18-13-2-3-14-12(9-13)10-16(21)19-14;/h2-3,9,11,17H,1,4-8,10H2,(H,18,20)(H,19,21);1H. The Kier molecular flexibility index (Phi) is 5.80. The first-order valence-electron chi connectivity index (χ1n) is 7.64. The van der Waals surface area contributed by atoms with Gasteiger partial charge in [0.1, 0.15) is 0 Å². The Morgan fingerprint density at radius 3 is 2.82 bits per heavy atom. The van der Waals surface area contributed by atoms with Gasteiger partial charge in [-0.15, -0.1) is 12.4 Å². The number of anilines is 2. The molecule has 22 heavy (non-hydrogen) atoms. The molecule has 0 atom stereocenters. The number of hydrogen-bond donors (Lipinski definition) is 3. The van der Waals surface area contributed by atoms with Gasteiger partial charge in [0.05, 0.1) is 6.42 Å². The van der Waals surface area contributed by atoms with Gasteiger partial charge in [0, 0.05) is 17.8 Å². The molecule has 120 valence electrons. The molecule has 0 aliphatic carbocycles. The smallest absolute Gasteiger partial charge is 0.228 e. The SMILES string of the molecule is Cl.O=C(CCC1CCNCC1)Nc1ccc2c(c1)CC(=O)N2. The number of amides is 2. The number of carbonyl (C=O) groups excluding carboxylic acids is 2. The zero-order chi connectivity index (χ0) is 14.7. The number of hydrogen-bond acceptors (Lipinski definition) is 3. The van der Waals surface area contributed by atoms with Gasteiger partial charge in [-0.3, -0.25) is 9.59 Å². The van der Waals surface area contributed by atoms with Crippen molar-refractivity contribution in [1.82, 2.24) is 5.32 Å². The second kappa shape index (κ2) is 7.61. The van der Waals surface area contributed by atoms with E-state index in [-0.39, 0.29) is 24.2 Å². The molecule has 2 heterocycles. The van der Waals surface area contributed by atoms with Crippen LogP contribution in [0.4, 0.5) is 11.4 Å². The molecule has 2 amide bonds. The van der Waals surface area contributed by atoms with Crippen LogP contribution in [0.2, 0.25) is 0 Å². The summed E-state index contributed by atoms with van der Waals surface area (Å²) in [6.07, 6.45) is 4.26.